The van der Waals surface area contributed by atoms with E-state index in [-0.39, 0.29) is 11.8 Å². The maximum absolute atomic E-state index is 11.7. The highest BCUT2D eigenvalue weighted by atomic mass is 32.2. The van der Waals surface area contributed by atoms with Crippen LogP contribution >= 0.6 is 0 Å². The zero-order valence-electron chi connectivity index (χ0n) is 12.3. The summed E-state index contributed by atoms with van der Waals surface area (Å²) >= 11 is 0. The average Bonchev–Trinajstić information content (AvgIpc) is 2.28. The van der Waals surface area contributed by atoms with E-state index in [0.29, 0.717) is 12.3 Å². The second kappa shape index (κ2) is 7.06. The van der Waals surface area contributed by atoms with Gasteiger partial charge in [0.2, 0.25) is 10.0 Å². The van der Waals surface area contributed by atoms with Crippen molar-refractivity contribution in [3.8, 4) is 0 Å². The van der Waals surface area contributed by atoms with E-state index in [1.54, 1.807) is 0 Å². The largest absolute Gasteiger partial charge is 0.212 e. The Balaban J connectivity index is 2.70. The highest BCUT2D eigenvalue weighted by Gasteiger charge is 2.14. The lowest BCUT2D eigenvalue weighted by Crippen LogP contribution is -2.28. The predicted octanol–water partition coefficient (Wildman–Crippen LogP) is 3.28. The number of hydrogen-bond acceptors (Lipinski definition) is 2. The molecule has 4 heteroatoms. The van der Waals surface area contributed by atoms with Gasteiger partial charge < -0.3 is 0 Å². The van der Waals surface area contributed by atoms with Gasteiger partial charge in [0, 0.05) is 6.04 Å². The Hall–Kier alpha value is -0.870. The Kier molecular flexibility index (Phi) is 6.01. The molecule has 108 valence electrons. The molecule has 0 heterocycles. The minimum atomic E-state index is -3.16. The number of nitrogens with one attached hydrogen (secondary N) is 1. The van der Waals surface area contributed by atoms with E-state index in [2.05, 4.69) is 30.7 Å². The predicted molar refractivity (Wildman–Crippen MR) is 80.6 cm³/mol. The van der Waals surface area contributed by atoms with Crippen LogP contribution in [-0.4, -0.2) is 14.2 Å². The minimum Gasteiger partial charge on any atom is -0.212 e. The smallest absolute Gasteiger partial charge is 0.212 e. The summed E-state index contributed by atoms with van der Waals surface area (Å²) in [6.45, 7) is 8.13. The number of hydrogen-bond donors (Lipinski definition) is 1. The van der Waals surface area contributed by atoms with Crippen molar-refractivity contribution in [1.82, 2.24) is 4.72 Å². The van der Waals surface area contributed by atoms with Gasteiger partial charge in [-0.25, -0.2) is 13.1 Å². The van der Waals surface area contributed by atoms with Crippen LogP contribution in [0.2, 0.25) is 0 Å². The quantitative estimate of drug-likeness (QED) is 0.834. The molecule has 0 fully saturated rings. The Morgan fingerprint density at radius 2 is 1.68 bits per heavy atom. The third-order valence-electron chi connectivity index (χ3n) is 2.95. The van der Waals surface area contributed by atoms with Gasteiger partial charge in [-0.1, -0.05) is 45.0 Å². The van der Waals surface area contributed by atoms with E-state index < -0.39 is 10.0 Å². The summed E-state index contributed by atoms with van der Waals surface area (Å²) in [7, 11) is -3.16. The van der Waals surface area contributed by atoms with Gasteiger partial charge in [-0.3, -0.25) is 0 Å². The first kappa shape index (κ1) is 16.2. The lowest BCUT2D eigenvalue weighted by Gasteiger charge is -2.15. The molecule has 0 saturated carbocycles. The average molecular weight is 283 g/mol. The summed E-state index contributed by atoms with van der Waals surface area (Å²) in [6.07, 6.45) is 1.69. The van der Waals surface area contributed by atoms with Crippen LogP contribution in [0.1, 0.15) is 51.3 Å². The first-order valence-corrected chi connectivity index (χ1v) is 8.58. The van der Waals surface area contributed by atoms with Gasteiger partial charge in [0.05, 0.1) is 5.75 Å². The summed E-state index contributed by atoms with van der Waals surface area (Å²) in [6, 6.07) is 8.01. The molecule has 1 N–H and O–H groups in total. The molecule has 1 aromatic carbocycles. The monoisotopic (exact) mass is 283 g/mol. The van der Waals surface area contributed by atoms with E-state index in [0.717, 1.165) is 12.0 Å². The molecule has 1 rings (SSSR count). The molecule has 0 radical (unpaired) electrons. The number of sulfonamides is 1. The zero-order chi connectivity index (χ0) is 14.5. The maximum Gasteiger partial charge on any atom is 0.212 e. The highest BCUT2D eigenvalue weighted by molar-refractivity contribution is 7.89. The first-order valence-electron chi connectivity index (χ1n) is 6.93. The van der Waals surface area contributed by atoms with E-state index >= 15 is 0 Å². The van der Waals surface area contributed by atoms with Gasteiger partial charge in [-0.15, -0.1) is 0 Å². The Bertz CT molecular complexity index is 477. The third-order valence-corrected chi connectivity index (χ3v) is 4.61. The van der Waals surface area contributed by atoms with Crippen molar-refractivity contribution in [3.63, 3.8) is 0 Å². The van der Waals surface area contributed by atoms with E-state index in [4.69, 9.17) is 0 Å². The van der Waals surface area contributed by atoms with Gasteiger partial charge in [0.15, 0.2) is 0 Å². The lowest BCUT2D eigenvalue weighted by molar-refractivity contribution is 0.565. The molecule has 19 heavy (non-hydrogen) atoms. The molecule has 1 unspecified atom stereocenters. The van der Waals surface area contributed by atoms with Crippen molar-refractivity contribution in [2.24, 2.45) is 5.92 Å². The molecule has 0 aliphatic heterocycles. The van der Waals surface area contributed by atoms with Gasteiger partial charge in [-0.2, -0.15) is 0 Å². The van der Waals surface area contributed by atoms with Gasteiger partial charge >= 0.3 is 0 Å². The van der Waals surface area contributed by atoms with Gasteiger partial charge in [0.25, 0.3) is 0 Å². The van der Waals surface area contributed by atoms with Crippen molar-refractivity contribution in [3.05, 3.63) is 35.4 Å². The van der Waals surface area contributed by atoms with Gasteiger partial charge in [-0.05, 0) is 36.8 Å². The Labute approximate surface area is 117 Å². The molecule has 0 saturated heterocycles. The van der Waals surface area contributed by atoms with Gasteiger partial charge in [0.1, 0.15) is 0 Å². The molecular weight excluding hydrogens is 258 g/mol. The van der Waals surface area contributed by atoms with Crippen LogP contribution in [0.5, 0.6) is 0 Å². The van der Waals surface area contributed by atoms with Crippen molar-refractivity contribution < 1.29 is 8.42 Å². The molecular formula is C15H25NO2S. The Morgan fingerprint density at radius 1 is 1.11 bits per heavy atom. The fourth-order valence-electron chi connectivity index (χ4n) is 2.08. The maximum atomic E-state index is 11.7. The fourth-order valence-corrected chi connectivity index (χ4v) is 3.41. The SMILES string of the molecule is CCCS(=O)(=O)NC(C)c1ccc(CC(C)C)cc1. The first-order chi connectivity index (χ1) is 8.84. The van der Waals surface area contributed by atoms with Crippen LogP contribution in [-0.2, 0) is 16.4 Å². The fraction of sp³-hybridized carbons (Fsp3) is 0.600. The molecule has 1 atom stereocenters. The van der Waals surface area contributed by atoms with Crippen LogP contribution in [0.3, 0.4) is 0 Å². The van der Waals surface area contributed by atoms with E-state index in [1.807, 2.05) is 26.0 Å². The third kappa shape index (κ3) is 5.74. The van der Waals surface area contributed by atoms with Crippen molar-refractivity contribution in [1.29, 1.82) is 0 Å². The van der Waals surface area contributed by atoms with Crippen molar-refractivity contribution in [2.75, 3.05) is 5.75 Å². The van der Waals surface area contributed by atoms with Crippen LogP contribution < -0.4 is 4.72 Å². The second-order valence-corrected chi connectivity index (χ2v) is 7.37. The molecule has 0 aliphatic rings. The van der Waals surface area contributed by atoms with Crippen LogP contribution in [0.4, 0.5) is 0 Å². The molecule has 0 aliphatic carbocycles. The van der Waals surface area contributed by atoms with E-state index in [9.17, 15) is 8.42 Å². The number of benzene rings is 1. The molecule has 0 spiro atoms. The topological polar surface area (TPSA) is 46.2 Å². The van der Waals surface area contributed by atoms with Crippen LogP contribution in [0.15, 0.2) is 24.3 Å². The lowest BCUT2D eigenvalue weighted by atomic mass is 10.0. The van der Waals surface area contributed by atoms with Crippen LogP contribution in [0, 0.1) is 5.92 Å². The molecule has 0 aromatic heterocycles. The summed E-state index contributed by atoms with van der Waals surface area (Å²) in [5, 5.41) is 0. The summed E-state index contributed by atoms with van der Waals surface area (Å²) < 4.78 is 26.1. The normalized spacial score (nSPS) is 13.7. The summed E-state index contributed by atoms with van der Waals surface area (Å²) in [5.41, 5.74) is 2.30. The summed E-state index contributed by atoms with van der Waals surface area (Å²) in [5.74, 6) is 0.814. The van der Waals surface area contributed by atoms with Crippen molar-refractivity contribution >= 4 is 10.0 Å². The molecule has 3 nitrogen and oxygen atoms in total. The Morgan fingerprint density at radius 3 is 2.16 bits per heavy atom. The standard InChI is InChI=1S/C15H25NO2S/c1-5-10-19(17,18)16-13(4)15-8-6-14(7-9-15)11-12(2)3/h6-9,12-13,16H,5,10-11H2,1-4H3. The van der Waals surface area contributed by atoms with Crippen molar-refractivity contribution in [2.45, 2.75) is 46.6 Å². The molecule has 0 bridgehead atoms. The van der Waals surface area contributed by atoms with E-state index in [1.165, 1.54) is 5.56 Å². The second-order valence-electron chi connectivity index (χ2n) is 5.50. The molecule has 1 aromatic rings. The summed E-state index contributed by atoms with van der Waals surface area (Å²) in [4.78, 5) is 0. The highest BCUT2D eigenvalue weighted by Crippen LogP contribution is 2.16. The number of rotatable bonds is 7. The minimum absolute atomic E-state index is 0.176. The zero-order valence-corrected chi connectivity index (χ0v) is 13.1. The van der Waals surface area contributed by atoms with Crippen LogP contribution in [0.25, 0.3) is 0 Å². The molecule has 0 amide bonds.